The van der Waals surface area contributed by atoms with Gasteiger partial charge in [0, 0.05) is 6.42 Å². The van der Waals surface area contributed by atoms with Crippen molar-refractivity contribution < 1.29 is 19.4 Å². The SMILES string of the molecule is COC(=O)O[C@H]1CC=CC[C@H]1O. The molecular formula is C8H12O4. The lowest BCUT2D eigenvalue weighted by atomic mass is 10.0. The van der Waals surface area contributed by atoms with E-state index in [4.69, 9.17) is 4.74 Å². The number of carbonyl (C=O) groups excluding carboxylic acids is 1. The number of hydrogen-bond donors (Lipinski definition) is 1. The van der Waals surface area contributed by atoms with E-state index in [1.165, 1.54) is 7.11 Å². The molecule has 0 aromatic carbocycles. The van der Waals surface area contributed by atoms with E-state index < -0.39 is 18.4 Å². The van der Waals surface area contributed by atoms with Gasteiger partial charge in [0.1, 0.15) is 6.10 Å². The lowest BCUT2D eigenvalue weighted by molar-refractivity contribution is -0.0254. The first-order valence-electron chi connectivity index (χ1n) is 3.81. The number of aliphatic hydroxyl groups excluding tert-OH is 1. The summed E-state index contributed by atoms with van der Waals surface area (Å²) in [5.74, 6) is 0. The molecule has 0 aromatic heterocycles. The molecule has 1 rings (SSSR count). The Balaban J connectivity index is 2.40. The van der Waals surface area contributed by atoms with E-state index in [1.807, 2.05) is 12.2 Å². The van der Waals surface area contributed by atoms with Crippen LogP contribution >= 0.6 is 0 Å². The van der Waals surface area contributed by atoms with E-state index >= 15 is 0 Å². The number of methoxy groups -OCH3 is 1. The Morgan fingerprint density at radius 1 is 1.50 bits per heavy atom. The van der Waals surface area contributed by atoms with Gasteiger partial charge in [0.15, 0.2) is 0 Å². The van der Waals surface area contributed by atoms with Crippen LogP contribution in [0.4, 0.5) is 4.79 Å². The summed E-state index contributed by atoms with van der Waals surface area (Å²) in [6.07, 6.45) is 3.02. The van der Waals surface area contributed by atoms with Crippen molar-refractivity contribution in [1.82, 2.24) is 0 Å². The van der Waals surface area contributed by atoms with Crippen molar-refractivity contribution in [1.29, 1.82) is 0 Å². The Morgan fingerprint density at radius 2 is 2.17 bits per heavy atom. The van der Waals surface area contributed by atoms with E-state index in [2.05, 4.69) is 4.74 Å². The zero-order valence-corrected chi connectivity index (χ0v) is 6.90. The van der Waals surface area contributed by atoms with E-state index in [9.17, 15) is 9.90 Å². The zero-order chi connectivity index (χ0) is 8.97. The fourth-order valence-electron chi connectivity index (χ4n) is 1.07. The third kappa shape index (κ3) is 2.23. The maximum absolute atomic E-state index is 10.6. The smallest absolute Gasteiger partial charge is 0.438 e. The maximum Gasteiger partial charge on any atom is 0.508 e. The van der Waals surface area contributed by atoms with Gasteiger partial charge in [-0.1, -0.05) is 12.2 Å². The molecule has 1 N–H and O–H groups in total. The van der Waals surface area contributed by atoms with Crippen molar-refractivity contribution >= 4 is 6.16 Å². The minimum Gasteiger partial charge on any atom is -0.438 e. The van der Waals surface area contributed by atoms with Crippen molar-refractivity contribution in [3.63, 3.8) is 0 Å². The quantitative estimate of drug-likeness (QED) is 0.470. The van der Waals surface area contributed by atoms with Crippen LogP contribution in [0.1, 0.15) is 12.8 Å². The van der Waals surface area contributed by atoms with Gasteiger partial charge >= 0.3 is 6.16 Å². The van der Waals surface area contributed by atoms with Gasteiger partial charge in [0.25, 0.3) is 0 Å². The van der Waals surface area contributed by atoms with Gasteiger partial charge in [0.05, 0.1) is 13.2 Å². The summed E-state index contributed by atoms with van der Waals surface area (Å²) in [4.78, 5) is 10.6. The molecule has 0 saturated carbocycles. The average Bonchev–Trinajstić information content (AvgIpc) is 2.09. The number of aliphatic hydroxyl groups is 1. The molecule has 0 bridgehead atoms. The molecule has 0 radical (unpaired) electrons. The van der Waals surface area contributed by atoms with Crippen molar-refractivity contribution in [2.45, 2.75) is 25.0 Å². The average molecular weight is 172 g/mol. The molecule has 68 valence electrons. The molecular weight excluding hydrogens is 160 g/mol. The summed E-state index contributed by atoms with van der Waals surface area (Å²) in [5.41, 5.74) is 0. The largest absolute Gasteiger partial charge is 0.508 e. The number of hydrogen-bond acceptors (Lipinski definition) is 4. The number of carbonyl (C=O) groups is 1. The fraction of sp³-hybridized carbons (Fsp3) is 0.625. The van der Waals surface area contributed by atoms with Gasteiger partial charge in [0.2, 0.25) is 0 Å². The molecule has 0 amide bonds. The number of ether oxygens (including phenoxy) is 2. The maximum atomic E-state index is 10.6. The Labute approximate surface area is 70.8 Å². The van der Waals surface area contributed by atoms with Gasteiger partial charge < -0.3 is 14.6 Å². The Kier molecular flexibility index (Phi) is 3.10. The predicted octanol–water partition coefficient (Wildman–Crippen LogP) is 0.849. The first-order chi connectivity index (χ1) is 5.74. The first-order valence-corrected chi connectivity index (χ1v) is 3.81. The van der Waals surface area contributed by atoms with Gasteiger partial charge in [-0.2, -0.15) is 0 Å². The molecule has 4 nitrogen and oxygen atoms in total. The van der Waals surface area contributed by atoms with Crippen molar-refractivity contribution in [3.05, 3.63) is 12.2 Å². The molecule has 0 spiro atoms. The highest BCUT2D eigenvalue weighted by Gasteiger charge is 2.23. The summed E-state index contributed by atoms with van der Waals surface area (Å²) in [7, 11) is 1.24. The van der Waals surface area contributed by atoms with Gasteiger partial charge in [-0.25, -0.2) is 4.79 Å². The molecule has 0 heterocycles. The Hall–Kier alpha value is -1.03. The molecule has 2 atom stereocenters. The normalized spacial score (nSPS) is 28.2. The lowest BCUT2D eigenvalue weighted by Gasteiger charge is -2.22. The molecule has 1 aliphatic rings. The summed E-state index contributed by atoms with van der Waals surface area (Å²) in [6, 6.07) is 0. The van der Waals surface area contributed by atoms with Crippen molar-refractivity contribution in [2.24, 2.45) is 0 Å². The van der Waals surface area contributed by atoms with Crippen LogP contribution < -0.4 is 0 Å². The van der Waals surface area contributed by atoms with Crippen LogP contribution in [-0.2, 0) is 9.47 Å². The van der Waals surface area contributed by atoms with Gasteiger partial charge in [-0.15, -0.1) is 0 Å². The Morgan fingerprint density at radius 3 is 2.75 bits per heavy atom. The topological polar surface area (TPSA) is 55.8 Å². The molecule has 0 saturated heterocycles. The molecule has 0 fully saturated rings. The van der Waals surface area contributed by atoms with E-state index in [0.29, 0.717) is 12.8 Å². The van der Waals surface area contributed by atoms with Crippen LogP contribution in [0, 0.1) is 0 Å². The molecule has 0 aliphatic heterocycles. The molecule has 1 aliphatic carbocycles. The molecule has 0 aromatic rings. The van der Waals surface area contributed by atoms with Crippen molar-refractivity contribution in [2.75, 3.05) is 7.11 Å². The highest BCUT2D eigenvalue weighted by Crippen LogP contribution is 2.15. The standard InChI is InChI=1S/C8H12O4/c1-11-8(10)12-7-5-3-2-4-6(7)9/h2-3,6-7,9H,4-5H2,1H3/t6-,7+/m1/s1. The monoisotopic (exact) mass is 172 g/mol. The summed E-state index contributed by atoms with van der Waals surface area (Å²) < 4.78 is 9.10. The lowest BCUT2D eigenvalue weighted by Crippen LogP contribution is -2.32. The van der Waals surface area contributed by atoms with Crippen LogP contribution in [0.2, 0.25) is 0 Å². The summed E-state index contributed by atoms with van der Waals surface area (Å²) in [5, 5.41) is 9.33. The zero-order valence-electron chi connectivity index (χ0n) is 6.90. The summed E-state index contributed by atoms with van der Waals surface area (Å²) in [6.45, 7) is 0. The minimum absolute atomic E-state index is 0.456. The van der Waals surface area contributed by atoms with Crippen LogP contribution in [0.25, 0.3) is 0 Å². The Bertz CT molecular complexity index is 187. The second-order valence-corrected chi connectivity index (χ2v) is 2.62. The van der Waals surface area contributed by atoms with Crippen molar-refractivity contribution in [3.8, 4) is 0 Å². The predicted molar refractivity (Wildman–Crippen MR) is 41.7 cm³/mol. The third-order valence-corrected chi connectivity index (χ3v) is 1.76. The summed E-state index contributed by atoms with van der Waals surface area (Å²) >= 11 is 0. The van der Waals surface area contributed by atoms with Crippen LogP contribution in [-0.4, -0.2) is 30.6 Å². The molecule has 0 unspecified atom stereocenters. The third-order valence-electron chi connectivity index (χ3n) is 1.76. The van der Waals surface area contributed by atoms with E-state index in [0.717, 1.165) is 0 Å². The van der Waals surface area contributed by atoms with Crippen LogP contribution in [0.15, 0.2) is 12.2 Å². The molecule has 12 heavy (non-hydrogen) atoms. The van der Waals surface area contributed by atoms with Gasteiger partial charge in [-0.3, -0.25) is 0 Å². The van der Waals surface area contributed by atoms with Crippen LogP contribution in [0.5, 0.6) is 0 Å². The van der Waals surface area contributed by atoms with Crippen LogP contribution in [0.3, 0.4) is 0 Å². The minimum atomic E-state index is -0.741. The van der Waals surface area contributed by atoms with E-state index in [1.54, 1.807) is 0 Å². The number of rotatable bonds is 1. The second kappa shape index (κ2) is 4.11. The second-order valence-electron chi connectivity index (χ2n) is 2.62. The first kappa shape index (κ1) is 9.06. The van der Waals surface area contributed by atoms with Gasteiger partial charge in [-0.05, 0) is 6.42 Å². The molecule has 4 heteroatoms. The fourth-order valence-corrected chi connectivity index (χ4v) is 1.07. The van der Waals surface area contributed by atoms with E-state index in [-0.39, 0.29) is 0 Å². The highest BCUT2D eigenvalue weighted by atomic mass is 16.7. The highest BCUT2D eigenvalue weighted by molar-refractivity contribution is 5.59.